The largest absolute Gasteiger partial charge is 0.396 e. The van der Waals surface area contributed by atoms with Gasteiger partial charge in [-0.2, -0.15) is 5.26 Å². The summed E-state index contributed by atoms with van der Waals surface area (Å²) in [5.41, 5.74) is 7.48. The van der Waals surface area contributed by atoms with Crippen LogP contribution in [0.3, 0.4) is 0 Å². The van der Waals surface area contributed by atoms with Gasteiger partial charge < -0.3 is 10.6 Å². The summed E-state index contributed by atoms with van der Waals surface area (Å²) in [6.07, 6.45) is 0.423. The van der Waals surface area contributed by atoms with Crippen LogP contribution in [0.5, 0.6) is 0 Å². The van der Waals surface area contributed by atoms with Gasteiger partial charge in [0.15, 0.2) is 0 Å². The number of nitrogens with two attached hydrogens (primary N) is 1. The van der Waals surface area contributed by atoms with Crippen molar-refractivity contribution in [3.05, 3.63) is 59.9 Å². The number of para-hydroxylation sites is 1. The zero-order valence-corrected chi connectivity index (χ0v) is 11.1. The number of anilines is 2. The van der Waals surface area contributed by atoms with Crippen LogP contribution in [-0.2, 0) is 6.54 Å². The summed E-state index contributed by atoms with van der Waals surface area (Å²) in [5.74, 6) is -0.407. The van der Waals surface area contributed by atoms with Gasteiger partial charge in [-0.15, -0.1) is 0 Å². The SMILES string of the molecule is N#CCCN(Cc1ccc(N)c(F)c1)c1ccccc1. The van der Waals surface area contributed by atoms with E-state index in [4.69, 9.17) is 11.0 Å². The van der Waals surface area contributed by atoms with E-state index in [-0.39, 0.29) is 5.69 Å². The molecule has 0 aromatic heterocycles. The molecule has 0 bridgehead atoms. The number of rotatable bonds is 5. The van der Waals surface area contributed by atoms with E-state index in [0.29, 0.717) is 19.5 Å². The van der Waals surface area contributed by atoms with Crippen molar-refractivity contribution in [1.29, 1.82) is 5.26 Å². The molecule has 2 rings (SSSR count). The first kappa shape index (κ1) is 13.9. The van der Waals surface area contributed by atoms with Crippen molar-refractivity contribution < 1.29 is 4.39 Å². The fourth-order valence-corrected chi connectivity index (χ4v) is 2.01. The third-order valence-electron chi connectivity index (χ3n) is 3.05. The van der Waals surface area contributed by atoms with Crippen LogP contribution in [0, 0.1) is 17.1 Å². The van der Waals surface area contributed by atoms with Gasteiger partial charge in [-0.25, -0.2) is 4.39 Å². The number of benzene rings is 2. The first-order valence-corrected chi connectivity index (χ1v) is 6.41. The molecule has 0 amide bonds. The number of nitrogens with zero attached hydrogens (tertiary/aromatic N) is 2. The summed E-state index contributed by atoms with van der Waals surface area (Å²) in [4.78, 5) is 2.05. The van der Waals surface area contributed by atoms with Gasteiger partial charge in [0.05, 0.1) is 18.2 Å². The molecule has 0 fully saturated rings. The van der Waals surface area contributed by atoms with Gasteiger partial charge in [0.1, 0.15) is 5.82 Å². The Hall–Kier alpha value is -2.54. The minimum absolute atomic E-state index is 0.150. The highest BCUT2D eigenvalue weighted by molar-refractivity contribution is 5.48. The molecule has 0 saturated carbocycles. The molecule has 0 atom stereocenters. The molecule has 0 unspecified atom stereocenters. The third-order valence-corrected chi connectivity index (χ3v) is 3.05. The monoisotopic (exact) mass is 269 g/mol. The topological polar surface area (TPSA) is 53.0 Å². The van der Waals surface area contributed by atoms with Crippen LogP contribution < -0.4 is 10.6 Å². The average molecular weight is 269 g/mol. The lowest BCUT2D eigenvalue weighted by atomic mass is 10.1. The fraction of sp³-hybridized carbons (Fsp3) is 0.188. The van der Waals surface area contributed by atoms with Crippen LogP contribution >= 0.6 is 0 Å². The molecular weight excluding hydrogens is 253 g/mol. The Morgan fingerprint density at radius 3 is 2.55 bits per heavy atom. The maximum absolute atomic E-state index is 13.5. The summed E-state index contributed by atoms with van der Waals surface area (Å²) in [6, 6.07) is 16.7. The molecule has 2 aromatic carbocycles. The number of nitriles is 1. The highest BCUT2D eigenvalue weighted by Gasteiger charge is 2.08. The van der Waals surface area contributed by atoms with Crippen molar-refractivity contribution in [2.24, 2.45) is 0 Å². The quantitative estimate of drug-likeness (QED) is 0.847. The molecule has 2 N–H and O–H groups in total. The van der Waals surface area contributed by atoms with Gasteiger partial charge in [0.25, 0.3) is 0 Å². The molecule has 102 valence electrons. The van der Waals surface area contributed by atoms with Crippen LogP contribution in [0.15, 0.2) is 48.5 Å². The molecule has 0 aliphatic rings. The Bertz CT molecular complexity index is 605. The fourth-order valence-electron chi connectivity index (χ4n) is 2.01. The zero-order chi connectivity index (χ0) is 14.4. The van der Waals surface area contributed by atoms with E-state index >= 15 is 0 Å². The summed E-state index contributed by atoms with van der Waals surface area (Å²) in [5, 5.41) is 8.76. The second-order valence-corrected chi connectivity index (χ2v) is 4.52. The molecule has 20 heavy (non-hydrogen) atoms. The standard InChI is InChI=1S/C16H16FN3/c17-15-11-13(7-8-16(15)19)12-20(10-4-9-18)14-5-2-1-3-6-14/h1-3,5-8,11H,4,10,12,19H2. The van der Waals surface area contributed by atoms with Gasteiger partial charge in [-0.05, 0) is 29.8 Å². The first-order valence-electron chi connectivity index (χ1n) is 6.41. The van der Waals surface area contributed by atoms with Gasteiger partial charge in [-0.3, -0.25) is 0 Å². The van der Waals surface area contributed by atoms with Gasteiger partial charge >= 0.3 is 0 Å². The second-order valence-electron chi connectivity index (χ2n) is 4.52. The maximum Gasteiger partial charge on any atom is 0.146 e. The van der Waals surface area contributed by atoms with Crippen molar-refractivity contribution in [3.63, 3.8) is 0 Å². The predicted octanol–water partition coefficient (Wildman–Crippen LogP) is 3.33. The van der Waals surface area contributed by atoms with E-state index in [1.165, 1.54) is 6.07 Å². The summed E-state index contributed by atoms with van der Waals surface area (Å²) in [7, 11) is 0. The Labute approximate surface area is 118 Å². The van der Waals surface area contributed by atoms with E-state index in [2.05, 4.69) is 6.07 Å². The average Bonchev–Trinajstić information content (AvgIpc) is 2.48. The minimum Gasteiger partial charge on any atom is -0.396 e. The minimum atomic E-state index is -0.407. The Kier molecular flexibility index (Phi) is 4.56. The van der Waals surface area contributed by atoms with Crippen molar-refractivity contribution in [2.75, 3.05) is 17.2 Å². The molecule has 0 spiro atoms. The zero-order valence-electron chi connectivity index (χ0n) is 11.1. The highest BCUT2D eigenvalue weighted by atomic mass is 19.1. The summed E-state index contributed by atoms with van der Waals surface area (Å²) < 4.78 is 13.5. The smallest absolute Gasteiger partial charge is 0.146 e. The lowest BCUT2D eigenvalue weighted by Crippen LogP contribution is -2.23. The molecule has 0 heterocycles. The van der Waals surface area contributed by atoms with Crippen LogP contribution in [0.1, 0.15) is 12.0 Å². The lowest BCUT2D eigenvalue weighted by molar-refractivity contribution is 0.629. The van der Waals surface area contributed by atoms with E-state index < -0.39 is 5.82 Å². The molecular formula is C16H16FN3. The third kappa shape index (κ3) is 3.48. The Balaban J connectivity index is 2.19. The van der Waals surface area contributed by atoms with Crippen molar-refractivity contribution >= 4 is 11.4 Å². The number of hydrogen-bond donors (Lipinski definition) is 1. The molecule has 0 aliphatic carbocycles. The van der Waals surface area contributed by atoms with Crippen LogP contribution in [-0.4, -0.2) is 6.54 Å². The molecule has 3 nitrogen and oxygen atoms in total. The molecule has 0 saturated heterocycles. The lowest BCUT2D eigenvalue weighted by Gasteiger charge is -2.24. The number of hydrogen-bond acceptors (Lipinski definition) is 3. The van der Waals surface area contributed by atoms with Crippen LogP contribution in [0.25, 0.3) is 0 Å². The maximum atomic E-state index is 13.5. The molecule has 0 aliphatic heterocycles. The van der Waals surface area contributed by atoms with Crippen molar-refractivity contribution in [1.82, 2.24) is 0 Å². The number of halogens is 1. The van der Waals surface area contributed by atoms with Crippen LogP contribution in [0.4, 0.5) is 15.8 Å². The Morgan fingerprint density at radius 1 is 1.15 bits per heavy atom. The van der Waals surface area contributed by atoms with Crippen LogP contribution in [0.2, 0.25) is 0 Å². The van der Waals surface area contributed by atoms with E-state index in [1.807, 2.05) is 35.2 Å². The molecule has 0 radical (unpaired) electrons. The highest BCUT2D eigenvalue weighted by Crippen LogP contribution is 2.19. The van der Waals surface area contributed by atoms with Crippen molar-refractivity contribution in [2.45, 2.75) is 13.0 Å². The van der Waals surface area contributed by atoms with Gasteiger partial charge in [0.2, 0.25) is 0 Å². The van der Waals surface area contributed by atoms with Gasteiger partial charge in [-0.1, -0.05) is 24.3 Å². The van der Waals surface area contributed by atoms with Crippen molar-refractivity contribution in [3.8, 4) is 6.07 Å². The first-order chi connectivity index (χ1) is 9.70. The van der Waals surface area contributed by atoms with E-state index in [9.17, 15) is 4.39 Å². The van der Waals surface area contributed by atoms with Gasteiger partial charge in [0, 0.05) is 18.8 Å². The summed E-state index contributed by atoms with van der Waals surface area (Å²) >= 11 is 0. The number of nitrogen functional groups attached to an aromatic ring is 1. The second kappa shape index (κ2) is 6.58. The molecule has 2 aromatic rings. The predicted molar refractivity (Wildman–Crippen MR) is 78.5 cm³/mol. The summed E-state index contributed by atoms with van der Waals surface area (Å²) in [6.45, 7) is 1.15. The normalized spacial score (nSPS) is 10.0. The van der Waals surface area contributed by atoms with E-state index in [1.54, 1.807) is 12.1 Å². The van der Waals surface area contributed by atoms with E-state index in [0.717, 1.165) is 11.3 Å². The Morgan fingerprint density at radius 2 is 1.90 bits per heavy atom. The molecule has 4 heteroatoms.